The van der Waals surface area contributed by atoms with E-state index >= 15 is 0 Å². The molecule has 1 aliphatic heterocycles. The zero-order valence-electron chi connectivity index (χ0n) is 9.90. The normalized spacial score (nSPS) is 21.0. The molecule has 2 rings (SSSR count). The lowest BCUT2D eigenvalue weighted by atomic mass is 10.2. The van der Waals surface area contributed by atoms with Crippen molar-refractivity contribution in [3.63, 3.8) is 0 Å². The van der Waals surface area contributed by atoms with E-state index in [1.807, 2.05) is 7.05 Å². The Morgan fingerprint density at radius 1 is 1.44 bits per heavy atom. The molecule has 1 atom stereocenters. The van der Waals surface area contributed by atoms with Crippen molar-refractivity contribution in [3.05, 3.63) is 12.4 Å². The van der Waals surface area contributed by atoms with Crippen LogP contribution in [0.1, 0.15) is 12.8 Å². The second-order valence-corrected chi connectivity index (χ2v) is 4.20. The van der Waals surface area contributed by atoms with Crippen LogP contribution in [0.15, 0.2) is 12.4 Å². The Morgan fingerprint density at radius 2 is 2.25 bits per heavy atom. The number of likely N-dealkylation sites (N-methyl/N-ethyl adjacent to an activating group) is 1. The van der Waals surface area contributed by atoms with Gasteiger partial charge in [-0.05, 0) is 26.4 Å². The van der Waals surface area contributed by atoms with E-state index in [1.165, 1.54) is 19.4 Å². The summed E-state index contributed by atoms with van der Waals surface area (Å²) in [5.41, 5.74) is 0. The van der Waals surface area contributed by atoms with Gasteiger partial charge in [0.1, 0.15) is 11.6 Å². The summed E-state index contributed by atoms with van der Waals surface area (Å²) in [5, 5.41) is 6.32. The predicted molar refractivity (Wildman–Crippen MR) is 65.7 cm³/mol. The minimum Gasteiger partial charge on any atom is -0.372 e. The van der Waals surface area contributed by atoms with E-state index in [2.05, 4.69) is 32.5 Å². The third-order valence-electron chi connectivity index (χ3n) is 3.08. The first-order valence-electron chi connectivity index (χ1n) is 5.73. The number of nitrogens with one attached hydrogen (secondary N) is 2. The van der Waals surface area contributed by atoms with E-state index < -0.39 is 0 Å². The van der Waals surface area contributed by atoms with Gasteiger partial charge in [-0.25, -0.2) is 4.98 Å². The van der Waals surface area contributed by atoms with Crippen LogP contribution in [0, 0.1) is 0 Å². The van der Waals surface area contributed by atoms with Gasteiger partial charge in [0.05, 0.1) is 12.4 Å². The average molecular weight is 221 g/mol. The number of likely N-dealkylation sites (tertiary alicyclic amines) is 1. The molecule has 0 aromatic carbocycles. The van der Waals surface area contributed by atoms with Gasteiger partial charge in [-0.2, -0.15) is 0 Å². The lowest BCUT2D eigenvalue weighted by molar-refractivity contribution is 0.322. The van der Waals surface area contributed by atoms with Crippen LogP contribution in [0.2, 0.25) is 0 Å². The molecular formula is C11H19N5. The van der Waals surface area contributed by atoms with Crippen molar-refractivity contribution in [1.29, 1.82) is 0 Å². The Hall–Kier alpha value is -1.36. The van der Waals surface area contributed by atoms with Crippen LogP contribution in [0.4, 0.5) is 11.6 Å². The third-order valence-corrected chi connectivity index (χ3v) is 3.08. The largest absolute Gasteiger partial charge is 0.372 e. The molecule has 88 valence electrons. The lowest BCUT2D eigenvalue weighted by Gasteiger charge is -2.19. The van der Waals surface area contributed by atoms with Gasteiger partial charge in [-0.3, -0.25) is 4.98 Å². The Kier molecular flexibility index (Phi) is 3.56. The maximum atomic E-state index is 4.37. The molecule has 5 heteroatoms. The summed E-state index contributed by atoms with van der Waals surface area (Å²) in [4.78, 5) is 10.9. The molecule has 1 unspecified atom stereocenters. The van der Waals surface area contributed by atoms with Gasteiger partial charge >= 0.3 is 0 Å². The van der Waals surface area contributed by atoms with Crippen LogP contribution in [0.5, 0.6) is 0 Å². The van der Waals surface area contributed by atoms with Crippen LogP contribution in [-0.4, -0.2) is 48.1 Å². The second kappa shape index (κ2) is 5.12. The van der Waals surface area contributed by atoms with Crippen LogP contribution in [-0.2, 0) is 0 Å². The topological polar surface area (TPSA) is 53.1 Å². The molecule has 0 bridgehead atoms. The van der Waals surface area contributed by atoms with Crippen molar-refractivity contribution in [2.45, 2.75) is 18.9 Å². The highest BCUT2D eigenvalue weighted by Crippen LogP contribution is 2.15. The molecule has 1 aliphatic rings. The maximum Gasteiger partial charge on any atom is 0.147 e. The predicted octanol–water partition coefficient (Wildman–Crippen LogP) is 1.02. The summed E-state index contributed by atoms with van der Waals surface area (Å²) in [6, 6.07) is 0.625. The lowest BCUT2D eigenvalue weighted by Crippen LogP contribution is -2.31. The molecule has 0 amide bonds. The molecule has 1 fully saturated rings. The first-order valence-corrected chi connectivity index (χ1v) is 5.73. The standard InChI is InChI=1S/C11H19N5/c1-12-10-7-13-8-11(15-10)14-6-9-4-3-5-16(9)2/h7-9H,3-6H2,1-2H3,(H2,12,14,15). The summed E-state index contributed by atoms with van der Waals surface area (Å²) in [6.07, 6.45) is 6.04. The molecule has 0 aliphatic carbocycles. The number of nitrogens with zero attached hydrogens (tertiary/aromatic N) is 3. The molecule has 16 heavy (non-hydrogen) atoms. The van der Waals surface area contributed by atoms with E-state index in [9.17, 15) is 0 Å². The van der Waals surface area contributed by atoms with E-state index in [0.29, 0.717) is 6.04 Å². The first kappa shape index (κ1) is 11.1. The fourth-order valence-corrected chi connectivity index (χ4v) is 2.03. The Labute approximate surface area is 96.3 Å². The molecule has 2 heterocycles. The molecule has 1 saturated heterocycles. The average Bonchev–Trinajstić information content (AvgIpc) is 2.72. The van der Waals surface area contributed by atoms with Crippen LogP contribution >= 0.6 is 0 Å². The maximum absolute atomic E-state index is 4.37. The highest BCUT2D eigenvalue weighted by Gasteiger charge is 2.20. The van der Waals surface area contributed by atoms with E-state index in [1.54, 1.807) is 12.4 Å². The number of rotatable bonds is 4. The molecule has 1 aromatic rings. The number of hydrogen-bond acceptors (Lipinski definition) is 5. The molecule has 0 spiro atoms. The fraction of sp³-hybridized carbons (Fsp3) is 0.636. The van der Waals surface area contributed by atoms with Crippen LogP contribution in [0.3, 0.4) is 0 Å². The molecule has 1 aromatic heterocycles. The van der Waals surface area contributed by atoms with Gasteiger partial charge in [0.2, 0.25) is 0 Å². The van der Waals surface area contributed by atoms with Crippen LogP contribution < -0.4 is 10.6 Å². The summed E-state index contributed by atoms with van der Waals surface area (Å²) in [7, 11) is 4.02. The molecule has 5 nitrogen and oxygen atoms in total. The van der Waals surface area contributed by atoms with Crippen molar-refractivity contribution < 1.29 is 0 Å². The second-order valence-electron chi connectivity index (χ2n) is 4.20. The van der Waals surface area contributed by atoms with Gasteiger partial charge in [-0.15, -0.1) is 0 Å². The summed E-state index contributed by atoms with van der Waals surface area (Å²) in [5.74, 6) is 1.64. The van der Waals surface area contributed by atoms with Crippen molar-refractivity contribution in [2.24, 2.45) is 0 Å². The van der Waals surface area contributed by atoms with Gasteiger partial charge in [0.25, 0.3) is 0 Å². The summed E-state index contributed by atoms with van der Waals surface area (Å²) >= 11 is 0. The highest BCUT2D eigenvalue weighted by atomic mass is 15.2. The number of aromatic nitrogens is 2. The van der Waals surface area contributed by atoms with Crippen molar-refractivity contribution >= 4 is 11.6 Å². The molecular weight excluding hydrogens is 202 g/mol. The number of hydrogen-bond donors (Lipinski definition) is 2. The van der Waals surface area contributed by atoms with Crippen LogP contribution in [0.25, 0.3) is 0 Å². The monoisotopic (exact) mass is 221 g/mol. The molecule has 2 N–H and O–H groups in total. The highest BCUT2D eigenvalue weighted by molar-refractivity contribution is 5.41. The van der Waals surface area contributed by atoms with Gasteiger partial charge in [-0.1, -0.05) is 0 Å². The summed E-state index contributed by atoms with van der Waals surface area (Å²) in [6.45, 7) is 2.15. The zero-order chi connectivity index (χ0) is 11.4. The molecule has 0 saturated carbocycles. The Bertz CT molecular complexity index is 341. The van der Waals surface area contributed by atoms with Crippen molar-refractivity contribution in [1.82, 2.24) is 14.9 Å². The van der Waals surface area contributed by atoms with E-state index in [-0.39, 0.29) is 0 Å². The SMILES string of the molecule is CNc1cncc(NCC2CCCN2C)n1. The molecule has 0 radical (unpaired) electrons. The van der Waals surface area contributed by atoms with Crippen molar-refractivity contribution in [2.75, 3.05) is 37.8 Å². The fourth-order valence-electron chi connectivity index (χ4n) is 2.03. The third kappa shape index (κ3) is 2.61. The van der Waals surface area contributed by atoms with Gasteiger partial charge in [0, 0.05) is 19.6 Å². The van der Waals surface area contributed by atoms with Crippen molar-refractivity contribution in [3.8, 4) is 0 Å². The Morgan fingerprint density at radius 3 is 2.94 bits per heavy atom. The summed E-state index contributed by atoms with van der Waals surface area (Å²) < 4.78 is 0. The van der Waals surface area contributed by atoms with Gasteiger partial charge in [0.15, 0.2) is 0 Å². The Balaban J connectivity index is 1.88. The first-order chi connectivity index (χ1) is 7.79. The van der Waals surface area contributed by atoms with Gasteiger partial charge < -0.3 is 15.5 Å². The minimum absolute atomic E-state index is 0.625. The number of anilines is 2. The van der Waals surface area contributed by atoms with E-state index in [0.717, 1.165) is 18.2 Å². The quantitative estimate of drug-likeness (QED) is 0.795. The smallest absolute Gasteiger partial charge is 0.147 e. The van der Waals surface area contributed by atoms with E-state index in [4.69, 9.17) is 0 Å². The minimum atomic E-state index is 0.625. The zero-order valence-corrected chi connectivity index (χ0v) is 9.90.